The number of likely N-dealkylation sites (N-methyl/N-ethyl adjacent to an activating group) is 1. The smallest absolute Gasteiger partial charge is 0.159 e. The number of halogens is 2. The molecule has 2 nitrogen and oxygen atoms in total. The predicted molar refractivity (Wildman–Crippen MR) is 70.4 cm³/mol. The van der Waals surface area contributed by atoms with Crippen LogP contribution in [0.5, 0.6) is 0 Å². The number of hydrogen-bond acceptors (Lipinski definition) is 2. The normalized spacial score (nSPS) is 13.0. The maximum absolute atomic E-state index is 13.0. The molecule has 1 atom stereocenters. The summed E-state index contributed by atoms with van der Waals surface area (Å²) in [4.78, 5) is 2.28. The SMILES string of the molecule is CCC(C)N(C)CCNCc1ccc(F)c(F)c1. The third-order valence-electron chi connectivity index (χ3n) is 3.30. The molecule has 0 aromatic heterocycles. The van der Waals surface area contributed by atoms with Crippen LogP contribution in [-0.4, -0.2) is 31.1 Å². The number of rotatable bonds is 7. The van der Waals surface area contributed by atoms with Crippen molar-refractivity contribution in [1.29, 1.82) is 0 Å². The Bertz CT molecular complexity index is 369. The summed E-state index contributed by atoms with van der Waals surface area (Å²) in [5, 5.41) is 3.23. The molecule has 0 aliphatic carbocycles. The van der Waals surface area contributed by atoms with E-state index in [1.807, 2.05) is 0 Å². The van der Waals surface area contributed by atoms with Crippen LogP contribution >= 0.6 is 0 Å². The van der Waals surface area contributed by atoms with Gasteiger partial charge in [0.1, 0.15) is 0 Å². The van der Waals surface area contributed by atoms with Crippen LogP contribution < -0.4 is 5.32 Å². The van der Waals surface area contributed by atoms with Gasteiger partial charge in [-0.3, -0.25) is 0 Å². The Morgan fingerprint density at radius 3 is 2.61 bits per heavy atom. The largest absolute Gasteiger partial charge is 0.311 e. The molecule has 0 bridgehead atoms. The summed E-state index contributed by atoms with van der Waals surface area (Å²) >= 11 is 0. The topological polar surface area (TPSA) is 15.3 Å². The third-order valence-corrected chi connectivity index (χ3v) is 3.30. The van der Waals surface area contributed by atoms with Crippen molar-refractivity contribution < 1.29 is 8.78 Å². The molecule has 0 spiro atoms. The molecule has 1 rings (SSSR count). The van der Waals surface area contributed by atoms with Crippen molar-refractivity contribution in [3.63, 3.8) is 0 Å². The minimum absolute atomic E-state index is 0.561. The fourth-order valence-electron chi connectivity index (χ4n) is 1.67. The van der Waals surface area contributed by atoms with E-state index in [4.69, 9.17) is 0 Å². The summed E-state index contributed by atoms with van der Waals surface area (Å²) in [5.41, 5.74) is 0.764. The minimum Gasteiger partial charge on any atom is -0.311 e. The van der Waals surface area contributed by atoms with E-state index in [1.54, 1.807) is 6.07 Å². The summed E-state index contributed by atoms with van der Waals surface area (Å²) < 4.78 is 25.7. The van der Waals surface area contributed by atoms with E-state index in [9.17, 15) is 8.78 Å². The summed E-state index contributed by atoms with van der Waals surface area (Å²) in [6.07, 6.45) is 1.12. The summed E-state index contributed by atoms with van der Waals surface area (Å²) in [6.45, 7) is 6.69. The Hall–Kier alpha value is -1.00. The fraction of sp³-hybridized carbons (Fsp3) is 0.571. The number of hydrogen-bond donors (Lipinski definition) is 1. The summed E-state index contributed by atoms with van der Waals surface area (Å²) in [6, 6.07) is 4.57. The highest BCUT2D eigenvalue weighted by atomic mass is 19.2. The first kappa shape index (κ1) is 15.1. The molecule has 0 amide bonds. The van der Waals surface area contributed by atoms with Gasteiger partial charge < -0.3 is 10.2 Å². The second-order valence-corrected chi connectivity index (χ2v) is 4.66. The van der Waals surface area contributed by atoms with E-state index < -0.39 is 11.6 Å². The van der Waals surface area contributed by atoms with Gasteiger partial charge >= 0.3 is 0 Å². The Morgan fingerprint density at radius 2 is 2.00 bits per heavy atom. The first-order valence-electron chi connectivity index (χ1n) is 6.39. The van der Waals surface area contributed by atoms with Gasteiger partial charge in [0.25, 0.3) is 0 Å². The average Bonchev–Trinajstić information content (AvgIpc) is 2.37. The number of benzene rings is 1. The lowest BCUT2D eigenvalue weighted by Crippen LogP contribution is -2.34. The second-order valence-electron chi connectivity index (χ2n) is 4.66. The van der Waals surface area contributed by atoms with Gasteiger partial charge in [0.05, 0.1) is 0 Å². The van der Waals surface area contributed by atoms with Crippen LogP contribution in [0.1, 0.15) is 25.8 Å². The quantitative estimate of drug-likeness (QED) is 0.755. The maximum Gasteiger partial charge on any atom is 0.159 e. The van der Waals surface area contributed by atoms with Gasteiger partial charge in [-0.25, -0.2) is 8.78 Å². The summed E-state index contributed by atoms with van der Waals surface area (Å²) in [7, 11) is 2.09. The lowest BCUT2D eigenvalue weighted by atomic mass is 10.2. The van der Waals surface area contributed by atoms with Gasteiger partial charge in [-0.1, -0.05) is 13.0 Å². The molecule has 102 valence electrons. The van der Waals surface area contributed by atoms with Crippen LogP contribution in [-0.2, 0) is 6.54 Å². The highest BCUT2D eigenvalue weighted by Crippen LogP contribution is 2.08. The van der Waals surface area contributed by atoms with Crippen LogP contribution in [0.2, 0.25) is 0 Å². The van der Waals surface area contributed by atoms with Crippen LogP contribution in [0.3, 0.4) is 0 Å². The van der Waals surface area contributed by atoms with Gasteiger partial charge in [-0.05, 0) is 38.1 Å². The monoisotopic (exact) mass is 256 g/mol. The van der Waals surface area contributed by atoms with Crippen LogP contribution in [0.25, 0.3) is 0 Å². The molecule has 0 aliphatic heterocycles. The number of nitrogens with one attached hydrogen (secondary N) is 1. The van der Waals surface area contributed by atoms with Gasteiger partial charge in [-0.15, -0.1) is 0 Å². The molecule has 0 heterocycles. The Kier molecular flexibility index (Phi) is 6.22. The number of nitrogens with zero attached hydrogens (tertiary/aromatic N) is 1. The minimum atomic E-state index is -0.796. The van der Waals surface area contributed by atoms with E-state index >= 15 is 0 Å². The molecule has 0 saturated carbocycles. The molecule has 4 heteroatoms. The zero-order valence-corrected chi connectivity index (χ0v) is 11.3. The Morgan fingerprint density at radius 1 is 1.28 bits per heavy atom. The molecule has 0 radical (unpaired) electrons. The van der Waals surface area contributed by atoms with Gasteiger partial charge in [0.2, 0.25) is 0 Å². The standard InChI is InChI=1S/C14H22F2N2/c1-4-11(2)18(3)8-7-17-10-12-5-6-13(15)14(16)9-12/h5-6,9,11,17H,4,7-8,10H2,1-3H3. The molecular weight excluding hydrogens is 234 g/mol. The highest BCUT2D eigenvalue weighted by Gasteiger charge is 2.06. The molecule has 1 aromatic rings. The van der Waals surface area contributed by atoms with Crippen molar-refractivity contribution in [3.05, 3.63) is 35.4 Å². The first-order valence-corrected chi connectivity index (χ1v) is 6.39. The molecule has 0 aliphatic rings. The van der Waals surface area contributed by atoms with Gasteiger partial charge in [-0.2, -0.15) is 0 Å². The molecule has 1 N–H and O–H groups in total. The molecule has 0 saturated heterocycles. The van der Waals surface area contributed by atoms with Crippen LogP contribution in [0.4, 0.5) is 8.78 Å². The first-order chi connectivity index (χ1) is 8.54. The molecular formula is C14H22F2N2. The molecule has 1 unspecified atom stereocenters. The zero-order valence-electron chi connectivity index (χ0n) is 11.3. The highest BCUT2D eigenvalue weighted by molar-refractivity contribution is 5.17. The van der Waals surface area contributed by atoms with Crippen molar-refractivity contribution in [1.82, 2.24) is 10.2 Å². The molecule has 0 fully saturated rings. The van der Waals surface area contributed by atoms with E-state index in [1.165, 1.54) is 6.07 Å². The van der Waals surface area contributed by atoms with E-state index in [0.29, 0.717) is 12.6 Å². The van der Waals surface area contributed by atoms with Gasteiger partial charge in [0.15, 0.2) is 11.6 Å². The predicted octanol–water partition coefficient (Wildman–Crippen LogP) is 2.78. The zero-order chi connectivity index (χ0) is 13.5. The lowest BCUT2D eigenvalue weighted by Gasteiger charge is -2.23. The Labute approximate surface area is 108 Å². The van der Waals surface area contributed by atoms with Crippen molar-refractivity contribution in [2.24, 2.45) is 0 Å². The van der Waals surface area contributed by atoms with Crippen molar-refractivity contribution in [2.75, 3.05) is 20.1 Å². The average molecular weight is 256 g/mol. The Balaban J connectivity index is 2.27. The van der Waals surface area contributed by atoms with E-state index in [2.05, 4.69) is 31.1 Å². The van der Waals surface area contributed by atoms with Crippen molar-refractivity contribution >= 4 is 0 Å². The second kappa shape index (κ2) is 7.44. The molecule has 1 aromatic carbocycles. The maximum atomic E-state index is 13.0. The fourth-order valence-corrected chi connectivity index (χ4v) is 1.67. The van der Waals surface area contributed by atoms with Crippen LogP contribution in [0.15, 0.2) is 18.2 Å². The third kappa shape index (κ3) is 4.70. The van der Waals surface area contributed by atoms with E-state index in [-0.39, 0.29) is 0 Å². The van der Waals surface area contributed by atoms with Crippen LogP contribution in [0, 0.1) is 11.6 Å². The lowest BCUT2D eigenvalue weighted by molar-refractivity contribution is 0.251. The van der Waals surface area contributed by atoms with E-state index in [0.717, 1.165) is 31.1 Å². The van der Waals surface area contributed by atoms with Gasteiger partial charge in [0, 0.05) is 25.7 Å². The molecule has 18 heavy (non-hydrogen) atoms. The summed E-state index contributed by atoms with van der Waals surface area (Å²) in [5.74, 6) is -1.58. The van der Waals surface area contributed by atoms with Crippen molar-refractivity contribution in [3.8, 4) is 0 Å². The van der Waals surface area contributed by atoms with Crippen molar-refractivity contribution in [2.45, 2.75) is 32.9 Å².